The normalized spacial score (nSPS) is 17.3. The number of hydrogen-bond acceptors (Lipinski definition) is 3. The van der Waals surface area contributed by atoms with E-state index in [1.807, 2.05) is 13.0 Å². The summed E-state index contributed by atoms with van der Waals surface area (Å²) in [6.07, 6.45) is 2.64. The van der Waals surface area contributed by atoms with Gasteiger partial charge in [0.05, 0.1) is 11.6 Å². The molecule has 4 nitrogen and oxygen atoms in total. The summed E-state index contributed by atoms with van der Waals surface area (Å²) in [4.78, 5) is 0.0636. The molecule has 0 atom stereocenters. The highest BCUT2D eigenvalue weighted by atomic mass is 35.5. The molecule has 19 heavy (non-hydrogen) atoms. The largest absolute Gasteiger partial charge is 0.392 e. The summed E-state index contributed by atoms with van der Waals surface area (Å²) in [6.45, 7) is 2.61. The number of hydrogen-bond donors (Lipinski definition) is 1. The van der Waals surface area contributed by atoms with Crippen LogP contribution in [0.3, 0.4) is 0 Å². The van der Waals surface area contributed by atoms with Gasteiger partial charge in [-0.1, -0.05) is 29.3 Å². The van der Waals surface area contributed by atoms with Crippen molar-refractivity contribution in [1.82, 2.24) is 4.31 Å². The SMILES string of the molecule is CC1=CCN(S(=O)(=O)c2cc(CO)ccc2Cl)CC1. The Balaban J connectivity index is 2.39. The fourth-order valence-electron chi connectivity index (χ4n) is 1.95. The quantitative estimate of drug-likeness (QED) is 0.871. The van der Waals surface area contributed by atoms with Crippen LogP contribution in [0.4, 0.5) is 0 Å². The lowest BCUT2D eigenvalue weighted by Crippen LogP contribution is -2.34. The molecule has 104 valence electrons. The highest BCUT2D eigenvalue weighted by Crippen LogP contribution is 2.27. The number of benzene rings is 1. The van der Waals surface area contributed by atoms with Crippen molar-refractivity contribution in [2.75, 3.05) is 13.1 Å². The molecule has 1 N–H and O–H groups in total. The van der Waals surface area contributed by atoms with Gasteiger partial charge in [-0.25, -0.2) is 8.42 Å². The second-order valence-corrected chi connectivity index (χ2v) is 6.90. The first-order chi connectivity index (χ1) is 8.95. The number of aliphatic hydroxyl groups is 1. The van der Waals surface area contributed by atoms with E-state index in [9.17, 15) is 8.42 Å². The van der Waals surface area contributed by atoms with Crippen LogP contribution in [0.2, 0.25) is 5.02 Å². The first-order valence-corrected chi connectivity index (χ1v) is 7.82. The number of halogens is 1. The van der Waals surface area contributed by atoms with E-state index in [2.05, 4.69) is 0 Å². The summed E-state index contributed by atoms with van der Waals surface area (Å²) in [5.41, 5.74) is 1.73. The van der Waals surface area contributed by atoms with Crippen LogP contribution in [0, 0.1) is 0 Å². The summed E-state index contributed by atoms with van der Waals surface area (Å²) in [5.74, 6) is 0. The Kier molecular flexibility index (Phi) is 4.30. The van der Waals surface area contributed by atoms with Crippen molar-refractivity contribution >= 4 is 21.6 Å². The standard InChI is InChI=1S/C13H16ClNO3S/c1-10-4-6-15(7-5-10)19(17,18)13-8-11(9-16)2-3-12(13)14/h2-4,8,16H,5-7,9H2,1H3. The molecule has 0 saturated carbocycles. The van der Waals surface area contributed by atoms with Crippen molar-refractivity contribution in [3.8, 4) is 0 Å². The lowest BCUT2D eigenvalue weighted by Gasteiger charge is -2.25. The Hall–Kier alpha value is -0.880. The second kappa shape index (κ2) is 5.63. The Morgan fingerprint density at radius 3 is 2.74 bits per heavy atom. The Bertz CT molecular complexity index is 610. The summed E-state index contributed by atoms with van der Waals surface area (Å²) in [6, 6.07) is 4.55. The fraction of sp³-hybridized carbons (Fsp3) is 0.385. The van der Waals surface area contributed by atoms with Gasteiger partial charge in [-0.05, 0) is 31.0 Å². The van der Waals surface area contributed by atoms with E-state index in [-0.39, 0.29) is 16.5 Å². The molecule has 0 spiro atoms. The molecule has 0 unspecified atom stereocenters. The molecule has 1 aromatic carbocycles. The minimum absolute atomic E-state index is 0.0636. The smallest absolute Gasteiger partial charge is 0.244 e. The number of nitrogens with zero attached hydrogens (tertiary/aromatic N) is 1. The van der Waals surface area contributed by atoms with Gasteiger partial charge < -0.3 is 5.11 Å². The first kappa shape index (κ1) is 14.5. The Labute approximate surface area is 118 Å². The molecular weight excluding hydrogens is 286 g/mol. The molecule has 0 aromatic heterocycles. The van der Waals surface area contributed by atoms with Gasteiger partial charge in [0, 0.05) is 13.1 Å². The zero-order valence-electron chi connectivity index (χ0n) is 10.6. The van der Waals surface area contributed by atoms with Crippen LogP contribution in [0.1, 0.15) is 18.9 Å². The number of rotatable bonds is 3. The highest BCUT2D eigenvalue weighted by molar-refractivity contribution is 7.89. The molecule has 0 saturated heterocycles. The van der Waals surface area contributed by atoms with Crippen LogP contribution in [-0.4, -0.2) is 30.9 Å². The van der Waals surface area contributed by atoms with Crippen LogP contribution in [0.25, 0.3) is 0 Å². The van der Waals surface area contributed by atoms with E-state index in [1.165, 1.54) is 22.0 Å². The predicted molar refractivity (Wildman–Crippen MR) is 74.5 cm³/mol. The van der Waals surface area contributed by atoms with E-state index in [0.29, 0.717) is 18.7 Å². The average molecular weight is 302 g/mol. The maximum Gasteiger partial charge on any atom is 0.244 e. The molecule has 1 aliphatic heterocycles. The van der Waals surface area contributed by atoms with Crippen molar-refractivity contribution < 1.29 is 13.5 Å². The predicted octanol–water partition coefficient (Wildman–Crippen LogP) is 2.17. The molecule has 1 heterocycles. The van der Waals surface area contributed by atoms with Gasteiger partial charge >= 0.3 is 0 Å². The lowest BCUT2D eigenvalue weighted by molar-refractivity contribution is 0.281. The van der Waals surface area contributed by atoms with Crippen LogP contribution in [0.5, 0.6) is 0 Å². The zero-order valence-corrected chi connectivity index (χ0v) is 12.2. The second-order valence-electron chi connectivity index (χ2n) is 4.59. The number of sulfonamides is 1. The molecule has 2 rings (SSSR count). The minimum atomic E-state index is -3.60. The van der Waals surface area contributed by atoms with E-state index in [0.717, 1.165) is 6.42 Å². The first-order valence-electron chi connectivity index (χ1n) is 6.00. The molecule has 0 bridgehead atoms. The van der Waals surface area contributed by atoms with Crippen molar-refractivity contribution in [3.05, 3.63) is 40.4 Å². The van der Waals surface area contributed by atoms with Gasteiger partial charge in [0.1, 0.15) is 4.90 Å². The average Bonchev–Trinajstić information content (AvgIpc) is 2.39. The summed E-state index contributed by atoms with van der Waals surface area (Å²) < 4.78 is 26.4. The van der Waals surface area contributed by atoms with Gasteiger partial charge in [-0.3, -0.25) is 0 Å². The molecule has 0 radical (unpaired) electrons. The lowest BCUT2D eigenvalue weighted by atomic mass is 10.1. The maximum absolute atomic E-state index is 12.5. The molecule has 0 amide bonds. The van der Waals surface area contributed by atoms with E-state index < -0.39 is 10.0 Å². The van der Waals surface area contributed by atoms with Gasteiger partial charge in [0.25, 0.3) is 0 Å². The molecule has 1 aliphatic rings. The van der Waals surface area contributed by atoms with Crippen LogP contribution in [0.15, 0.2) is 34.7 Å². The molecule has 6 heteroatoms. The topological polar surface area (TPSA) is 57.6 Å². The maximum atomic E-state index is 12.5. The van der Waals surface area contributed by atoms with Gasteiger partial charge in [-0.15, -0.1) is 0 Å². The van der Waals surface area contributed by atoms with Gasteiger partial charge in [0.15, 0.2) is 0 Å². The van der Waals surface area contributed by atoms with Crippen LogP contribution in [-0.2, 0) is 16.6 Å². The minimum Gasteiger partial charge on any atom is -0.392 e. The monoisotopic (exact) mass is 301 g/mol. The third-order valence-corrected chi connectivity index (χ3v) is 5.54. The summed E-state index contributed by atoms with van der Waals surface area (Å²) >= 11 is 5.98. The van der Waals surface area contributed by atoms with Crippen LogP contribution < -0.4 is 0 Å². The molecule has 1 aromatic rings. The summed E-state index contributed by atoms with van der Waals surface area (Å²) in [5, 5.41) is 9.29. The molecule has 0 aliphatic carbocycles. The van der Waals surface area contributed by atoms with Crippen molar-refractivity contribution in [1.29, 1.82) is 0 Å². The van der Waals surface area contributed by atoms with Gasteiger partial charge in [-0.2, -0.15) is 4.31 Å². The van der Waals surface area contributed by atoms with Crippen molar-refractivity contribution in [3.63, 3.8) is 0 Å². The van der Waals surface area contributed by atoms with Crippen LogP contribution >= 0.6 is 11.6 Å². The van der Waals surface area contributed by atoms with E-state index in [1.54, 1.807) is 6.07 Å². The van der Waals surface area contributed by atoms with Crippen molar-refractivity contribution in [2.45, 2.75) is 24.8 Å². The van der Waals surface area contributed by atoms with E-state index in [4.69, 9.17) is 16.7 Å². The Morgan fingerprint density at radius 1 is 1.42 bits per heavy atom. The van der Waals surface area contributed by atoms with Gasteiger partial charge in [0.2, 0.25) is 10.0 Å². The molecular formula is C13H16ClNO3S. The highest BCUT2D eigenvalue weighted by Gasteiger charge is 2.27. The fourth-order valence-corrected chi connectivity index (χ4v) is 3.86. The zero-order chi connectivity index (χ0) is 14.0. The Morgan fingerprint density at radius 2 is 2.16 bits per heavy atom. The third-order valence-electron chi connectivity index (χ3n) is 3.19. The van der Waals surface area contributed by atoms with E-state index >= 15 is 0 Å². The van der Waals surface area contributed by atoms with Crippen molar-refractivity contribution in [2.24, 2.45) is 0 Å². The third kappa shape index (κ3) is 3.00. The summed E-state index contributed by atoms with van der Waals surface area (Å²) in [7, 11) is -3.60. The molecule has 0 fully saturated rings. The number of aliphatic hydroxyl groups excluding tert-OH is 1.